The van der Waals surface area contributed by atoms with Crippen LogP contribution in [0.1, 0.15) is 18.7 Å². The molecule has 0 aromatic carbocycles. The Morgan fingerprint density at radius 2 is 1.69 bits per heavy atom. The van der Waals surface area contributed by atoms with Gasteiger partial charge in [-0.2, -0.15) is 15.0 Å². The third-order valence-corrected chi connectivity index (χ3v) is 2.64. The second-order valence-corrected chi connectivity index (χ2v) is 3.98. The third kappa shape index (κ3) is 2.77. The minimum atomic E-state index is -0.176. The van der Waals surface area contributed by atoms with Crippen molar-refractivity contribution in [3.8, 4) is 0 Å². The highest BCUT2D eigenvalue weighted by Crippen LogP contribution is 2.12. The number of aliphatic hydroxyl groups excluding tert-OH is 1. The predicted molar refractivity (Wildman–Crippen MR) is 59.2 cm³/mol. The molecule has 0 spiro atoms. The summed E-state index contributed by atoms with van der Waals surface area (Å²) >= 11 is 0. The number of hydrogen-bond donors (Lipinski definition) is 3. The van der Waals surface area contributed by atoms with E-state index in [9.17, 15) is 5.11 Å². The number of anilines is 2. The van der Waals surface area contributed by atoms with Gasteiger partial charge in [-0.05, 0) is 12.8 Å². The molecule has 0 aliphatic carbocycles. The topological polar surface area (TPSA) is 114 Å². The summed E-state index contributed by atoms with van der Waals surface area (Å²) in [5, 5.41) is 9.37. The van der Waals surface area contributed by atoms with Crippen LogP contribution in [0.3, 0.4) is 0 Å². The first kappa shape index (κ1) is 11.0. The van der Waals surface area contributed by atoms with Gasteiger partial charge in [-0.3, -0.25) is 4.90 Å². The molecule has 0 radical (unpaired) electrons. The van der Waals surface area contributed by atoms with Crippen LogP contribution in [0.25, 0.3) is 0 Å². The molecule has 2 heterocycles. The summed E-state index contributed by atoms with van der Waals surface area (Å²) in [6, 6.07) is 0. The van der Waals surface area contributed by atoms with Crippen molar-refractivity contribution < 1.29 is 5.11 Å². The van der Waals surface area contributed by atoms with Crippen molar-refractivity contribution in [1.82, 2.24) is 19.9 Å². The number of rotatable bonds is 2. The van der Waals surface area contributed by atoms with Crippen molar-refractivity contribution >= 4 is 11.9 Å². The van der Waals surface area contributed by atoms with Crippen molar-refractivity contribution in [3.63, 3.8) is 0 Å². The Kier molecular flexibility index (Phi) is 3.16. The molecule has 1 aromatic heterocycles. The first-order valence-electron chi connectivity index (χ1n) is 5.30. The van der Waals surface area contributed by atoms with Gasteiger partial charge in [-0.15, -0.1) is 0 Å². The molecular weight excluding hydrogens is 208 g/mol. The molecule has 5 N–H and O–H groups in total. The molecule has 1 saturated heterocycles. The number of nitrogens with two attached hydrogens (primary N) is 2. The highest BCUT2D eigenvalue weighted by molar-refractivity contribution is 5.25. The predicted octanol–water partition coefficient (Wildman–Crippen LogP) is -1.01. The van der Waals surface area contributed by atoms with E-state index in [-0.39, 0.29) is 18.0 Å². The summed E-state index contributed by atoms with van der Waals surface area (Å²) in [4.78, 5) is 13.9. The number of piperidine rings is 1. The third-order valence-electron chi connectivity index (χ3n) is 2.64. The molecule has 1 aliphatic heterocycles. The fourth-order valence-electron chi connectivity index (χ4n) is 1.80. The van der Waals surface area contributed by atoms with Gasteiger partial charge in [0.05, 0.1) is 12.6 Å². The van der Waals surface area contributed by atoms with Crippen molar-refractivity contribution in [2.75, 3.05) is 24.6 Å². The molecule has 1 fully saturated rings. The maximum atomic E-state index is 9.37. The van der Waals surface area contributed by atoms with E-state index in [4.69, 9.17) is 11.5 Å². The van der Waals surface area contributed by atoms with Gasteiger partial charge in [-0.1, -0.05) is 0 Å². The van der Waals surface area contributed by atoms with Crippen LogP contribution in [0.5, 0.6) is 0 Å². The van der Waals surface area contributed by atoms with Crippen LogP contribution in [-0.2, 0) is 6.54 Å². The molecule has 0 saturated carbocycles. The lowest BCUT2D eigenvalue weighted by atomic mass is 10.1. The molecule has 0 amide bonds. The number of likely N-dealkylation sites (tertiary alicyclic amines) is 1. The second-order valence-electron chi connectivity index (χ2n) is 3.98. The highest BCUT2D eigenvalue weighted by Gasteiger charge is 2.18. The van der Waals surface area contributed by atoms with E-state index in [0.29, 0.717) is 12.4 Å². The van der Waals surface area contributed by atoms with Gasteiger partial charge in [0.1, 0.15) is 5.82 Å². The van der Waals surface area contributed by atoms with E-state index in [1.54, 1.807) is 0 Å². The van der Waals surface area contributed by atoms with E-state index in [0.717, 1.165) is 25.9 Å². The summed E-state index contributed by atoms with van der Waals surface area (Å²) in [6.45, 7) is 2.28. The molecule has 0 bridgehead atoms. The number of aromatic nitrogens is 3. The van der Waals surface area contributed by atoms with E-state index in [1.165, 1.54) is 0 Å². The smallest absolute Gasteiger partial charge is 0.225 e. The van der Waals surface area contributed by atoms with Crippen molar-refractivity contribution in [2.24, 2.45) is 0 Å². The van der Waals surface area contributed by atoms with Gasteiger partial charge < -0.3 is 16.6 Å². The maximum absolute atomic E-state index is 9.37. The molecule has 1 aromatic rings. The first-order valence-corrected chi connectivity index (χ1v) is 5.30. The fourth-order valence-corrected chi connectivity index (χ4v) is 1.80. The lowest BCUT2D eigenvalue weighted by Gasteiger charge is -2.28. The van der Waals surface area contributed by atoms with Crippen LogP contribution >= 0.6 is 0 Å². The Morgan fingerprint density at radius 1 is 1.12 bits per heavy atom. The Hall–Kier alpha value is -1.47. The molecule has 88 valence electrons. The lowest BCUT2D eigenvalue weighted by molar-refractivity contribution is 0.0780. The minimum absolute atomic E-state index is 0.152. The molecule has 2 rings (SSSR count). The molecule has 7 nitrogen and oxygen atoms in total. The van der Waals surface area contributed by atoms with Crippen LogP contribution in [0, 0.1) is 0 Å². The Morgan fingerprint density at radius 3 is 2.25 bits per heavy atom. The summed E-state index contributed by atoms with van der Waals surface area (Å²) in [5.41, 5.74) is 11.0. The summed E-state index contributed by atoms with van der Waals surface area (Å²) in [7, 11) is 0. The van der Waals surface area contributed by atoms with Gasteiger partial charge in [0.15, 0.2) is 0 Å². The molecule has 0 unspecified atom stereocenters. The van der Waals surface area contributed by atoms with Crippen LogP contribution < -0.4 is 11.5 Å². The van der Waals surface area contributed by atoms with Crippen LogP contribution in [0.4, 0.5) is 11.9 Å². The van der Waals surface area contributed by atoms with Crippen LogP contribution in [-0.4, -0.2) is 44.2 Å². The van der Waals surface area contributed by atoms with Gasteiger partial charge in [0.2, 0.25) is 11.9 Å². The number of nitrogen functional groups attached to an aromatic ring is 2. The highest BCUT2D eigenvalue weighted by atomic mass is 16.3. The van der Waals surface area contributed by atoms with Gasteiger partial charge in [0, 0.05) is 13.1 Å². The second kappa shape index (κ2) is 4.58. The fraction of sp³-hybridized carbons (Fsp3) is 0.667. The quantitative estimate of drug-likeness (QED) is 0.589. The summed E-state index contributed by atoms with van der Waals surface area (Å²) < 4.78 is 0. The Labute approximate surface area is 93.5 Å². The molecule has 0 atom stereocenters. The first-order chi connectivity index (χ1) is 7.63. The van der Waals surface area contributed by atoms with Gasteiger partial charge in [-0.25, -0.2) is 0 Å². The summed E-state index contributed by atoms with van der Waals surface area (Å²) in [6.07, 6.45) is 1.40. The molecular formula is C9H16N6O. The lowest BCUT2D eigenvalue weighted by Crippen LogP contribution is -2.35. The minimum Gasteiger partial charge on any atom is -0.393 e. The zero-order chi connectivity index (χ0) is 11.5. The normalized spacial score (nSPS) is 18.8. The number of hydrogen-bond acceptors (Lipinski definition) is 7. The van der Waals surface area contributed by atoms with Gasteiger partial charge >= 0.3 is 0 Å². The zero-order valence-electron chi connectivity index (χ0n) is 9.00. The molecule has 1 aliphatic rings. The van der Waals surface area contributed by atoms with E-state index in [2.05, 4.69) is 19.9 Å². The van der Waals surface area contributed by atoms with Crippen molar-refractivity contribution in [1.29, 1.82) is 0 Å². The zero-order valence-corrected chi connectivity index (χ0v) is 9.00. The standard InChI is InChI=1S/C9H16N6O/c10-8-12-7(13-9(11)14-8)5-15-3-1-6(16)2-4-15/h6,16H,1-5H2,(H4,10,11,12,13,14). The Bertz CT molecular complexity index is 343. The van der Waals surface area contributed by atoms with E-state index in [1.807, 2.05) is 0 Å². The number of aliphatic hydroxyl groups is 1. The monoisotopic (exact) mass is 224 g/mol. The maximum Gasteiger partial charge on any atom is 0.225 e. The van der Waals surface area contributed by atoms with Crippen molar-refractivity contribution in [2.45, 2.75) is 25.5 Å². The van der Waals surface area contributed by atoms with Gasteiger partial charge in [0.25, 0.3) is 0 Å². The van der Waals surface area contributed by atoms with Crippen LogP contribution in [0.2, 0.25) is 0 Å². The Balaban J connectivity index is 1.98. The van der Waals surface area contributed by atoms with E-state index < -0.39 is 0 Å². The molecule has 16 heavy (non-hydrogen) atoms. The summed E-state index contributed by atoms with van der Waals surface area (Å²) in [5.74, 6) is 0.889. The van der Waals surface area contributed by atoms with Crippen molar-refractivity contribution in [3.05, 3.63) is 5.82 Å². The molecule has 7 heteroatoms. The SMILES string of the molecule is Nc1nc(N)nc(CN2CCC(O)CC2)n1. The van der Waals surface area contributed by atoms with Crippen LogP contribution in [0.15, 0.2) is 0 Å². The van der Waals surface area contributed by atoms with E-state index >= 15 is 0 Å². The largest absolute Gasteiger partial charge is 0.393 e. The number of nitrogens with zero attached hydrogens (tertiary/aromatic N) is 4. The average Bonchev–Trinajstić information content (AvgIpc) is 2.20. The average molecular weight is 224 g/mol.